The summed E-state index contributed by atoms with van der Waals surface area (Å²) in [5, 5.41) is 0.162. The first-order chi connectivity index (χ1) is 13.5. The van der Waals surface area contributed by atoms with Gasteiger partial charge in [0.1, 0.15) is 11.4 Å². The number of halogens is 2. The number of nitrogens with zero attached hydrogens (tertiary/aromatic N) is 1. The third-order valence-corrected chi connectivity index (χ3v) is 5.77. The number of carbonyl (C=O) groups is 1. The summed E-state index contributed by atoms with van der Waals surface area (Å²) in [6.45, 7) is 2.04. The van der Waals surface area contributed by atoms with E-state index >= 15 is 4.39 Å². The first kappa shape index (κ1) is 18.6. The topological polar surface area (TPSA) is 74.3 Å². The summed E-state index contributed by atoms with van der Waals surface area (Å²) < 4.78 is 36.7. The van der Waals surface area contributed by atoms with Gasteiger partial charge in [-0.15, -0.1) is 0 Å². The molecule has 2 N–H and O–H groups in total. The van der Waals surface area contributed by atoms with Crippen molar-refractivity contribution < 1.29 is 18.3 Å². The molecule has 5 nitrogen and oxygen atoms in total. The standard InChI is InChI=1S/C20H16F2N2O3S/c1-2-27-20(26)15-18(25)12-7-13(21)14(11-5-3-10(8-23)4-6-11)16(22)17(12)24-9-28-19(15)24/h3-7H,2,8-9,23H2,1H3. The van der Waals surface area contributed by atoms with Gasteiger partial charge in [0.05, 0.1) is 34.0 Å². The zero-order chi connectivity index (χ0) is 20.0. The monoisotopic (exact) mass is 402 g/mol. The van der Waals surface area contributed by atoms with Crippen molar-refractivity contribution in [2.24, 2.45) is 5.73 Å². The number of benzene rings is 2. The lowest BCUT2D eigenvalue weighted by molar-refractivity contribution is 0.0518. The van der Waals surface area contributed by atoms with Crippen LogP contribution < -0.4 is 11.2 Å². The number of thioether (sulfide) groups is 1. The lowest BCUT2D eigenvalue weighted by Gasteiger charge is -2.27. The largest absolute Gasteiger partial charge is 0.462 e. The van der Waals surface area contributed by atoms with Crippen LogP contribution in [0.4, 0.5) is 8.78 Å². The summed E-state index contributed by atoms with van der Waals surface area (Å²) in [7, 11) is 0. The van der Waals surface area contributed by atoms with E-state index in [4.69, 9.17) is 10.5 Å². The van der Waals surface area contributed by atoms with Gasteiger partial charge in [0.15, 0.2) is 5.82 Å². The Labute approximate surface area is 163 Å². The van der Waals surface area contributed by atoms with Crippen LogP contribution in [0.15, 0.2) is 40.2 Å². The molecular formula is C20H16F2N2O3S. The Morgan fingerprint density at radius 1 is 1.29 bits per heavy atom. The van der Waals surface area contributed by atoms with E-state index in [1.807, 2.05) is 0 Å². The zero-order valence-electron chi connectivity index (χ0n) is 14.9. The van der Waals surface area contributed by atoms with Crippen molar-refractivity contribution in [1.29, 1.82) is 0 Å². The van der Waals surface area contributed by atoms with Crippen LogP contribution in [0.5, 0.6) is 0 Å². The van der Waals surface area contributed by atoms with Gasteiger partial charge < -0.3 is 15.0 Å². The molecule has 0 atom stereocenters. The van der Waals surface area contributed by atoms with Gasteiger partial charge in [0.25, 0.3) is 0 Å². The number of carbonyl (C=O) groups excluding carboxylic acids is 1. The highest BCUT2D eigenvalue weighted by atomic mass is 32.2. The Bertz CT molecular complexity index is 1170. The number of hydrogen-bond acceptors (Lipinski definition) is 5. The van der Waals surface area contributed by atoms with E-state index in [1.54, 1.807) is 31.2 Å². The van der Waals surface area contributed by atoms with Crippen molar-refractivity contribution in [2.75, 3.05) is 6.61 Å². The van der Waals surface area contributed by atoms with E-state index in [9.17, 15) is 14.0 Å². The van der Waals surface area contributed by atoms with Gasteiger partial charge in [0, 0.05) is 6.54 Å². The minimum absolute atomic E-state index is 0.00824. The van der Waals surface area contributed by atoms with Gasteiger partial charge in [-0.05, 0) is 24.1 Å². The highest BCUT2D eigenvalue weighted by molar-refractivity contribution is 7.99. The normalized spacial score (nSPS) is 12.6. The Morgan fingerprint density at radius 3 is 2.57 bits per heavy atom. The predicted molar refractivity (Wildman–Crippen MR) is 103 cm³/mol. The molecule has 8 heteroatoms. The van der Waals surface area contributed by atoms with Crippen molar-refractivity contribution >= 4 is 28.6 Å². The molecule has 28 heavy (non-hydrogen) atoms. The van der Waals surface area contributed by atoms with Crippen LogP contribution in [0.1, 0.15) is 22.8 Å². The Hall–Kier alpha value is -2.71. The van der Waals surface area contributed by atoms with Gasteiger partial charge in [-0.25, -0.2) is 13.6 Å². The minimum Gasteiger partial charge on any atom is -0.462 e. The summed E-state index contributed by atoms with van der Waals surface area (Å²) in [6.07, 6.45) is 0. The molecule has 2 heterocycles. The molecule has 0 radical (unpaired) electrons. The second-order valence-electron chi connectivity index (χ2n) is 6.28. The molecule has 0 aliphatic carbocycles. The van der Waals surface area contributed by atoms with Crippen molar-refractivity contribution in [3.05, 3.63) is 63.3 Å². The van der Waals surface area contributed by atoms with Gasteiger partial charge in [-0.2, -0.15) is 0 Å². The molecule has 3 aromatic rings. The van der Waals surface area contributed by atoms with E-state index in [2.05, 4.69) is 0 Å². The fraction of sp³-hybridized carbons (Fsp3) is 0.200. The highest BCUT2D eigenvalue weighted by Crippen LogP contribution is 2.40. The third-order valence-electron chi connectivity index (χ3n) is 4.68. The van der Waals surface area contributed by atoms with Gasteiger partial charge in [0.2, 0.25) is 5.43 Å². The summed E-state index contributed by atoms with van der Waals surface area (Å²) in [5.74, 6) is -2.13. The second kappa shape index (κ2) is 7.03. The molecule has 0 unspecified atom stereocenters. The average Bonchev–Trinajstić information content (AvgIpc) is 2.66. The highest BCUT2D eigenvalue weighted by Gasteiger charge is 2.31. The number of esters is 1. The summed E-state index contributed by atoms with van der Waals surface area (Å²) in [6, 6.07) is 7.57. The predicted octanol–water partition coefficient (Wildman–Crippen LogP) is 3.65. The minimum atomic E-state index is -0.870. The molecule has 144 valence electrons. The fourth-order valence-corrected chi connectivity index (χ4v) is 4.23. The van der Waals surface area contributed by atoms with E-state index < -0.39 is 23.0 Å². The summed E-state index contributed by atoms with van der Waals surface area (Å²) >= 11 is 1.25. The zero-order valence-corrected chi connectivity index (χ0v) is 15.7. The number of nitrogens with two attached hydrogens (primary N) is 1. The van der Waals surface area contributed by atoms with Crippen LogP contribution in [-0.4, -0.2) is 17.1 Å². The average molecular weight is 402 g/mol. The fourth-order valence-electron chi connectivity index (χ4n) is 3.30. The molecule has 2 aromatic carbocycles. The van der Waals surface area contributed by atoms with Crippen molar-refractivity contribution in [1.82, 2.24) is 4.57 Å². The van der Waals surface area contributed by atoms with Crippen LogP contribution in [0.2, 0.25) is 0 Å². The van der Waals surface area contributed by atoms with Crippen LogP contribution >= 0.6 is 11.8 Å². The van der Waals surface area contributed by atoms with Crippen LogP contribution in [-0.2, 0) is 17.2 Å². The Morgan fingerprint density at radius 2 is 2.00 bits per heavy atom. The smallest absolute Gasteiger partial charge is 0.344 e. The van der Waals surface area contributed by atoms with Crippen LogP contribution in [0, 0.1) is 11.6 Å². The van der Waals surface area contributed by atoms with Crippen molar-refractivity contribution in [3.8, 4) is 11.1 Å². The molecule has 0 saturated heterocycles. The molecule has 0 fully saturated rings. The maximum absolute atomic E-state index is 15.4. The molecule has 1 aliphatic heterocycles. The number of ether oxygens (including phenoxy) is 1. The van der Waals surface area contributed by atoms with Gasteiger partial charge in [-0.3, -0.25) is 4.79 Å². The quantitative estimate of drug-likeness (QED) is 0.675. The van der Waals surface area contributed by atoms with E-state index in [0.717, 1.165) is 11.6 Å². The van der Waals surface area contributed by atoms with Crippen LogP contribution in [0.3, 0.4) is 0 Å². The Balaban J connectivity index is 2.00. The molecule has 1 aliphatic rings. The van der Waals surface area contributed by atoms with E-state index in [0.29, 0.717) is 23.0 Å². The molecular weight excluding hydrogens is 386 g/mol. The number of pyridine rings is 1. The first-order valence-electron chi connectivity index (χ1n) is 8.65. The van der Waals surface area contributed by atoms with Crippen molar-refractivity contribution in [3.63, 3.8) is 0 Å². The lowest BCUT2D eigenvalue weighted by Crippen LogP contribution is -2.28. The van der Waals surface area contributed by atoms with Gasteiger partial charge in [-0.1, -0.05) is 36.0 Å². The summed E-state index contributed by atoms with van der Waals surface area (Å²) in [4.78, 5) is 25.0. The molecule has 1 aromatic heterocycles. The Kier molecular flexibility index (Phi) is 4.68. The molecule has 0 saturated carbocycles. The summed E-state index contributed by atoms with van der Waals surface area (Å²) in [5.41, 5.74) is 5.62. The number of hydrogen-bond donors (Lipinski definition) is 1. The second-order valence-corrected chi connectivity index (χ2v) is 7.21. The van der Waals surface area contributed by atoms with Crippen molar-refractivity contribution in [2.45, 2.75) is 24.4 Å². The molecule has 0 amide bonds. The van der Waals surface area contributed by atoms with E-state index in [1.165, 1.54) is 16.3 Å². The van der Waals surface area contributed by atoms with E-state index in [-0.39, 0.29) is 28.6 Å². The lowest BCUT2D eigenvalue weighted by atomic mass is 9.99. The molecule has 0 spiro atoms. The first-order valence-corrected chi connectivity index (χ1v) is 9.64. The van der Waals surface area contributed by atoms with Gasteiger partial charge >= 0.3 is 5.97 Å². The third kappa shape index (κ3) is 2.71. The molecule has 0 bridgehead atoms. The van der Waals surface area contributed by atoms with Crippen LogP contribution in [0.25, 0.3) is 22.0 Å². The SMILES string of the molecule is CCOC(=O)c1c2n(c3c(F)c(-c4ccc(CN)cc4)c(F)cc3c1=O)CS2. The maximum atomic E-state index is 15.4. The molecule has 4 rings (SSSR count). The number of rotatable bonds is 4. The maximum Gasteiger partial charge on any atom is 0.344 e. The number of fused-ring (bicyclic) bond motifs is 3. The number of aromatic nitrogens is 1.